The third-order valence-corrected chi connectivity index (χ3v) is 8.68. The van der Waals surface area contributed by atoms with Crippen molar-refractivity contribution in [1.82, 2.24) is 9.80 Å². The van der Waals surface area contributed by atoms with Gasteiger partial charge in [0.15, 0.2) is 0 Å². The molecule has 0 aliphatic carbocycles. The zero-order chi connectivity index (χ0) is 21.8. The minimum Gasteiger partial charge on any atom is -0.508 e. The van der Waals surface area contributed by atoms with Gasteiger partial charge in [0.25, 0.3) is 0 Å². The molecule has 0 radical (unpaired) electrons. The SMILES string of the molecule is CCCC(=O)N1CCN(Cc2cc(-c3c(-c4ccccc4)ssc3=S)ccc2O)CC1. The number of amides is 1. The van der Waals surface area contributed by atoms with Crippen molar-refractivity contribution in [2.24, 2.45) is 0 Å². The largest absolute Gasteiger partial charge is 0.508 e. The summed E-state index contributed by atoms with van der Waals surface area (Å²) in [4.78, 5) is 17.6. The molecule has 4 rings (SSSR count). The van der Waals surface area contributed by atoms with Crippen molar-refractivity contribution in [3.63, 3.8) is 0 Å². The second kappa shape index (κ2) is 10.0. The molecule has 1 aliphatic heterocycles. The van der Waals surface area contributed by atoms with Crippen LogP contribution in [0.25, 0.3) is 21.6 Å². The predicted octanol–water partition coefficient (Wildman–Crippen LogP) is 6.02. The third-order valence-electron chi connectivity index (χ3n) is 5.62. The number of phenols is 1. The molecule has 0 atom stereocenters. The molecular weight excluding hydrogens is 444 g/mol. The fourth-order valence-corrected chi connectivity index (χ4v) is 6.84. The van der Waals surface area contributed by atoms with Crippen LogP contribution in [0.3, 0.4) is 0 Å². The van der Waals surface area contributed by atoms with E-state index in [0.29, 0.717) is 18.7 Å². The van der Waals surface area contributed by atoms with E-state index >= 15 is 0 Å². The first kappa shape index (κ1) is 22.1. The van der Waals surface area contributed by atoms with Gasteiger partial charge in [-0.25, -0.2) is 0 Å². The molecule has 1 aliphatic rings. The van der Waals surface area contributed by atoms with Gasteiger partial charge in [-0.15, -0.1) is 0 Å². The minimum atomic E-state index is 0.247. The van der Waals surface area contributed by atoms with Crippen LogP contribution in [-0.4, -0.2) is 47.0 Å². The minimum absolute atomic E-state index is 0.247. The Morgan fingerprint density at radius 3 is 2.48 bits per heavy atom. The summed E-state index contributed by atoms with van der Waals surface area (Å²) >= 11 is 5.67. The van der Waals surface area contributed by atoms with E-state index < -0.39 is 0 Å². The molecule has 1 aromatic heterocycles. The van der Waals surface area contributed by atoms with E-state index in [-0.39, 0.29) is 5.91 Å². The van der Waals surface area contributed by atoms with Crippen molar-refractivity contribution in [2.45, 2.75) is 26.3 Å². The molecule has 0 bridgehead atoms. The summed E-state index contributed by atoms with van der Waals surface area (Å²) in [5.74, 6) is 0.552. The highest BCUT2D eigenvalue weighted by atomic mass is 32.9. The van der Waals surface area contributed by atoms with Crippen LogP contribution in [-0.2, 0) is 11.3 Å². The van der Waals surface area contributed by atoms with Crippen LogP contribution in [0.15, 0.2) is 48.5 Å². The summed E-state index contributed by atoms with van der Waals surface area (Å²) in [6, 6.07) is 16.1. The second-order valence-corrected chi connectivity index (χ2v) is 10.6. The molecule has 1 amide bonds. The van der Waals surface area contributed by atoms with Crippen LogP contribution in [0.4, 0.5) is 0 Å². The number of carbonyl (C=O) groups excluding carboxylic acids is 1. The molecule has 2 aromatic carbocycles. The molecule has 3 aromatic rings. The van der Waals surface area contributed by atoms with Gasteiger partial charge >= 0.3 is 0 Å². The van der Waals surface area contributed by atoms with Gasteiger partial charge in [-0.05, 0) is 29.7 Å². The highest BCUT2D eigenvalue weighted by Crippen LogP contribution is 2.42. The van der Waals surface area contributed by atoms with Gasteiger partial charge in [-0.3, -0.25) is 9.69 Å². The first-order valence-electron chi connectivity index (χ1n) is 10.6. The molecule has 31 heavy (non-hydrogen) atoms. The van der Waals surface area contributed by atoms with Gasteiger partial charge < -0.3 is 10.0 Å². The number of piperazine rings is 1. The molecule has 0 unspecified atom stereocenters. The zero-order valence-corrected chi connectivity index (χ0v) is 20.0. The summed E-state index contributed by atoms with van der Waals surface area (Å²) in [6.45, 7) is 5.84. The smallest absolute Gasteiger partial charge is 0.222 e. The molecule has 162 valence electrons. The Labute approximate surface area is 195 Å². The second-order valence-electron chi connectivity index (χ2n) is 7.77. The quantitative estimate of drug-likeness (QED) is 0.353. The lowest BCUT2D eigenvalue weighted by Crippen LogP contribution is -2.48. The highest BCUT2D eigenvalue weighted by Gasteiger charge is 2.22. The average molecular weight is 471 g/mol. The van der Waals surface area contributed by atoms with Gasteiger partial charge in [-0.1, -0.05) is 76.2 Å². The summed E-state index contributed by atoms with van der Waals surface area (Å²) in [6.07, 6.45) is 1.51. The maximum Gasteiger partial charge on any atom is 0.222 e. The summed E-state index contributed by atoms with van der Waals surface area (Å²) in [7, 11) is 3.32. The van der Waals surface area contributed by atoms with Crippen molar-refractivity contribution in [2.75, 3.05) is 26.2 Å². The number of aromatic hydroxyl groups is 1. The Kier molecular flexibility index (Phi) is 7.17. The van der Waals surface area contributed by atoms with Crippen molar-refractivity contribution in [3.8, 4) is 27.3 Å². The number of hydrogen-bond donors (Lipinski definition) is 1. The van der Waals surface area contributed by atoms with E-state index in [2.05, 4.69) is 23.1 Å². The first-order chi connectivity index (χ1) is 15.1. The number of rotatable bonds is 6. The van der Waals surface area contributed by atoms with Crippen LogP contribution in [0, 0.1) is 3.82 Å². The standard InChI is InChI=1S/C24H26N2O2S3/c1-2-6-21(28)26-13-11-25(12-14-26)16-19-15-18(9-10-20(19)27)22-23(30-31-24(22)29)17-7-4-3-5-8-17/h3-5,7-10,15,27H,2,6,11-14,16H2,1H3. The molecule has 1 saturated heterocycles. The average Bonchev–Trinajstić information content (AvgIpc) is 3.18. The monoisotopic (exact) mass is 470 g/mol. The summed E-state index contributed by atoms with van der Waals surface area (Å²) in [5, 5.41) is 10.5. The predicted molar refractivity (Wildman–Crippen MR) is 132 cm³/mol. The first-order valence-corrected chi connectivity index (χ1v) is 13.1. The number of benzene rings is 2. The topological polar surface area (TPSA) is 43.8 Å². The van der Waals surface area contributed by atoms with Gasteiger partial charge in [0, 0.05) is 50.3 Å². The molecule has 0 spiro atoms. The van der Waals surface area contributed by atoms with Crippen molar-refractivity contribution >= 4 is 38.8 Å². The lowest BCUT2D eigenvalue weighted by atomic mass is 10.0. The number of phenolic OH excluding ortho intramolecular Hbond substituents is 1. The summed E-state index contributed by atoms with van der Waals surface area (Å²) in [5.41, 5.74) is 4.19. The third kappa shape index (κ3) is 5.06. The van der Waals surface area contributed by atoms with Crippen LogP contribution in [0.5, 0.6) is 5.75 Å². The van der Waals surface area contributed by atoms with Gasteiger partial charge in [0.05, 0.1) is 4.88 Å². The Bertz CT molecular complexity index is 1100. The van der Waals surface area contributed by atoms with E-state index in [0.717, 1.165) is 58.7 Å². The van der Waals surface area contributed by atoms with Crippen LogP contribution < -0.4 is 0 Å². The van der Waals surface area contributed by atoms with Crippen molar-refractivity contribution in [3.05, 3.63) is 57.9 Å². The molecular formula is C24H26N2O2S3. The van der Waals surface area contributed by atoms with Gasteiger partial charge in [-0.2, -0.15) is 0 Å². The normalized spacial score (nSPS) is 14.7. The lowest BCUT2D eigenvalue weighted by molar-refractivity contribution is -0.133. The van der Waals surface area contributed by atoms with Gasteiger partial charge in [0.2, 0.25) is 5.91 Å². The molecule has 1 fully saturated rings. The molecule has 1 N–H and O–H groups in total. The molecule has 4 nitrogen and oxygen atoms in total. The fourth-order valence-electron chi connectivity index (χ4n) is 3.92. The van der Waals surface area contributed by atoms with E-state index in [1.807, 2.05) is 36.1 Å². The van der Waals surface area contributed by atoms with E-state index in [1.54, 1.807) is 26.7 Å². The van der Waals surface area contributed by atoms with E-state index in [1.165, 1.54) is 4.88 Å². The number of nitrogens with zero attached hydrogens (tertiary/aromatic N) is 2. The highest BCUT2D eigenvalue weighted by molar-refractivity contribution is 7.80. The lowest BCUT2D eigenvalue weighted by Gasteiger charge is -2.35. The summed E-state index contributed by atoms with van der Waals surface area (Å²) < 4.78 is 0.878. The Morgan fingerprint density at radius 1 is 1.03 bits per heavy atom. The Morgan fingerprint density at radius 2 is 1.77 bits per heavy atom. The van der Waals surface area contributed by atoms with Crippen LogP contribution in [0.1, 0.15) is 25.3 Å². The molecule has 0 saturated carbocycles. The maximum atomic E-state index is 12.1. The molecule has 2 heterocycles. The number of hydrogen-bond acceptors (Lipinski definition) is 6. The van der Waals surface area contributed by atoms with Crippen molar-refractivity contribution in [1.29, 1.82) is 0 Å². The zero-order valence-electron chi connectivity index (χ0n) is 17.5. The van der Waals surface area contributed by atoms with Crippen LogP contribution >= 0.6 is 32.9 Å². The Balaban J connectivity index is 1.54. The van der Waals surface area contributed by atoms with E-state index in [4.69, 9.17) is 12.2 Å². The Hall–Kier alpha value is -2.06. The molecule has 7 heteroatoms. The van der Waals surface area contributed by atoms with Crippen molar-refractivity contribution < 1.29 is 9.90 Å². The fraction of sp³-hybridized carbons (Fsp3) is 0.333. The van der Waals surface area contributed by atoms with Crippen LogP contribution in [0.2, 0.25) is 0 Å². The van der Waals surface area contributed by atoms with Gasteiger partial charge in [0.1, 0.15) is 9.57 Å². The maximum absolute atomic E-state index is 12.1. The number of carbonyl (C=O) groups is 1. The van der Waals surface area contributed by atoms with E-state index in [9.17, 15) is 9.90 Å².